The normalized spacial score (nSPS) is 14.1. The smallest absolute Gasteiger partial charge is 0.166 e. The molecule has 0 unspecified atom stereocenters. The third-order valence-electron chi connectivity index (χ3n) is 2.46. The lowest BCUT2D eigenvalue weighted by Gasteiger charge is -2.23. The van der Waals surface area contributed by atoms with Crippen LogP contribution in [-0.4, -0.2) is 22.3 Å². The van der Waals surface area contributed by atoms with Crippen molar-refractivity contribution in [1.29, 1.82) is 0 Å². The van der Waals surface area contributed by atoms with E-state index in [2.05, 4.69) is 26.6 Å². The van der Waals surface area contributed by atoms with Crippen LogP contribution >= 0.6 is 28.1 Å². The fraction of sp³-hybridized carbons (Fsp3) is 0.462. The van der Waals surface area contributed by atoms with Gasteiger partial charge in [-0.1, -0.05) is 28.1 Å². The van der Waals surface area contributed by atoms with Crippen molar-refractivity contribution in [3.63, 3.8) is 0 Å². The van der Waals surface area contributed by atoms with Crippen molar-refractivity contribution in [2.45, 2.75) is 39.0 Å². The van der Waals surface area contributed by atoms with E-state index in [0.717, 1.165) is 10.0 Å². The zero-order valence-corrected chi connectivity index (χ0v) is 13.2. The van der Waals surface area contributed by atoms with E-state index in [-0.39, 0.29) is 12.1 Å². The van der Waals surface area contributed by atoms with E-state index in [0.29, 0.717) is 5.11 Å². The summed E-state index contributed by atoms with van der Waals surface area (Å²) in [7, 11) is 0. The summed E-state index contributed by atoms with van der Waals surface area (Å²) < 4.78 is 0.996. The third kappa shape index (κ3) is 4.92. The van der Waals surface area contributed by atoms with Crippen LogP contribution in [0.1, 0.15) is 32.4 Å². The quantitative estimate of drug-likeness (QED) is 0.743. The highest BCUT2D eigenvalue weighted by molar-refractivity contribution is 9.10. The topological polar surface area (TPSA) is 44.3 Å². The molecule has 0 saturated heterocycles. The highest BCUT2D eigenvalue weighted by atomic mass is 79.9. The van der Waals surface area contributed by atoms with Crippen LogP contribution in [0, 0.1) is 0 Å². The Balaban J connectivity index is 2.58. The van der Waals surface area contributed by atoms with Gasteiger partial charge >= 0.3 is 0 Å². The average molecular weight is 331 g/mol. The van der Waals surface area contributed by atoms with Crippen LogP contribution < -0.4 is 10.6 Å². The van der Waals surface area contributed by atoms with Crippen molar-refractivity contribution in [1.82, 2.24) is 10.6 Å². The molecule has 0 bridgehead atoms. The maximum Gasteiger partial charge on any atom is 0.166 e. The number of halogens is 1. The second-order valence-electron chi connectivity index (χ2n) is 4.56. The lowest BCUT2D eigenvalue weighted by molar-refractivity contribution is 0.145. The monoisotopic (exact) mass is 330 g/mol. The van der Waals surface area contributed by atoms with Gasteiger partial charge in [0.15, 0.2) is 5.11 Å². The molecule has 0 aliphatic heterocycles. The first-order chi connectivity index (χ1) is 8.40. The number of rotatable bonds is 4. The predicted octanol–water partition coefficient (Wildman–Crippen LogP) is 2.74. The SMILES string of the molecule is CC(C)NC(=S)N[C@@H](C)[C@@H](O)c1ccc(Br)cc1. The summed E-state index contributed by atoms with van der Waals surface area (Å²) in [6.07, 6.45) is -0.593. The molecule has 18 heavy (non-hydrogen) atoms. The van der Waals surface area contributed by atoms with Gasteiger partial charge in [0, 0.05) is 10.5 Å². The molecular weight excluding hydrogens is 312 g/mol. The van der Waals surface area contributed by atoms with Gasteiger partial charge in [0.1, 0.15) is 0 Å². The van der Waals surface area contributed by atoms with E-state index in [1.54, 1.807) is 0 Å². The van der Waals surface area contributed by atoms with E-state index in [4.69, 9.17) is 12.2 Å². The number of aliphatic hydroxyl groups is 1. The first-order valence-electron chi connectivity index (χ1n) is 5.90. The Bertz CT molecular complexity index is 394. The Kier molecular flexibility index (Phi) is 6.05. The molecule has 0 saturated carbocycles. The van der Waals surface area contributed by atoms with Crippen molar-refractivity contribution in [2.75, 3.05) is 0 Å². The first kappa shape index (κ1) is 15.4. The number of benzene rings is 1. The van der Waals surface area contributed by atoms with Gasteiger partial charge in [-0.05, 0) is 50.7 Å². The van der Waals surface area contributed by atoms with Gasteiger partial charge in [0.05, 0.1) is 12.1 Å². The van der Waals surface area contributed by atoms with Crippen LogP contribution in [0.4, 0.5) is 0 Å². The molecule has 0 spiro atoms. The molecule has 5 heteroatoms. The summed E-state index contributed by atoms with van der Waals surface area (Å²) in [4.78, 5) is 0. The van der Waals surface area contributed by atoms with Gasteiger partial charge in [-0.2, -0.15) is 0 Å². The largest absolute Gasteiger partial charge is 0.386 e. The van der Waals surface area contributed by atoms with Crippen LogP contribution in [0.25, 0.3) is 0 Å². The molecule has 0 aliphatic carbocycles. The second-order valence-corrected chi connectivity index (χ2v) is 5.88. The first-order valence-corrected chi connectivity index (χ1v) is 7.11. The van der Waals surface area contributed by atoms with Crippen LogP contribution in [0.2, 0.25) is 0 Å². The molecule has 100 valence electrons. The number of thiocarbonyl (C=S) groups is 1. The van der Waals surface area contributed by atoms with Crippen molar-refractivity contribution in [3.05, 3.63) is 34.3 Å². The van der Waals surface area contributed by atoms with Crippen LogP contribution in [0.15, 0.2) is 28.7 Å². The number of aliphatic hydroxyl groups excluding tert-OH is 1. The number of hydrogen-bond acceptors (Lipinski definition) is 2. The van der Waals surface area contributed by atoms with E-state index in [9.17, 15) is 5.11 Å². The van der Waals surface area contributed by atoms with E-state index in [1.165, 1.54) is 0 Å². The minimum Gasteiger partial charge on any atom is -0.386 e. The van der Waals surface area contributed by atoms with E-state index < -0.39 is 6.10 Å². The minimum absolute atomic E-state index is 0.148. The standard InChI is InChI=1S/C13H19BrN2OS/c1-8(2)15-13(18)16-9(3)12(17)10-4-6-11(14)7-5-10/h4-9,12,17H,1-3H3,(H2,15,16,18)/t9-,12+/m0/s1. The molecule has 0 amide bonds. The highest BCUT2D eigenvalue weighted by Crippen LogP contribution is 2.19. The number of hydrogen-bond donors (Lipinski definition) is 3. The lowest BCUT2D eigenvalue weighted by atomic mass is 10.0. The van der Waals surface area contributed by atoms with Gasteiger partial charge in [0.2, 0.25) is 0 Å². The fourth-order valence-corrected chi connectivity index (χ4v) is 2.22. The zero-order chi connectivity index (χ0) is 13.7. The average Bonchev–Trinajstić information content (AvgIpc) is 2.27. The molecule has 2 atom stereocenters. The molecule has 3 nitrogen and oxygen atoms in total. The van der Waals surface area contributed by atoms with Crippen LogP contribution in [0.5, 0.6) is 0 Å². The van der Waals surface area contributed by atoms with Crippen molar-refractivity contribution in [2.24, 2.45) is 0 Å². The number of nitrogens with one attached hydrogen (secondary N) is 2. The highest BCUT2D eigenvalue weighted by Gasteiger charge is 2.17. The van der Waals surface area contributed by atoms with E-state index in [1.807, 2.05) is 45.0 Å². The molecule has 0 aliphatic rings. The molecule has 1 rings (SSSR count). The van der Waals surface area contributed by atoms with Crippen LogP contribution in [0.3, 0.4) is 0 Å². The molecule has 0 fully saturated rings. The summed E-state index contributed by atoms with van der Waals surface area (Å²) in [5, 5.41) is 16.9. The van der Waals surface area contributed by atoms with Gasteiger partial charge in [-0.25, -0.2) is 0 Å². The molecule has 0 aromatic heterocycles. The van der Waals surface area contributed by atoms with Gasteiger partial charge in [-0.15, -0.1) is 0 Å². The van der Waals surface area contributed by atoms with Gasteiger partial charge in [-0.3, -0.25) is 0 Å². The van der Waals surface area contributed by atoms with Gasteiger partial charge < -0.3 is 15.7 Å². The maximum absolute atomic E-state index is 10.2. The predicted molar refractivity (Wildman–Crippen MR) is 82.6 cm³/mol. The minimum atomic E-state index is -0.593. The summed E-state index contributed by atoms with van der Waals surface area (Å²) >= 11 is 8.53. The summed E-state index contributed by atoms with van der Waals surface area (Å²) in [5.41, 5.74) is 0.866. The zero-order valence-electron chi connectivity index (χ0n) is 10.8. The van der Waals surface area contributed by atoms with Crippen LogP contribution in [-0.2, 0) is 0 Å². The summed E-state index contributed by atoms with van der Waals surface area (Å²) in [6.45, 7) is 5.94. The Hall–Kier alpha value is -0.650. The van der Waals surface area contributed by atoms with Crippen molar-refractivity contribution >= 4 is 33.3 Å². The third-order valence-corrected chi connectivity index (χ3v) is 3.23. The van der Waals surface area contributed by atoms with Gasteiger partial charge in [0.25, 0.3) is 0 Å². The molecule has 0 heterocycles. The lowest BCUT2D eigenvalue weighted by Crippen LogP contribution is -2.45. The van der Waals surface area contributed by atoms with Crippen molar-refractivity contribution in [3.8, 4) is 0 Å². The molecule has 1 aromatic rings. The Labute approximate surface area is 122 Å². The van der Waals surface area contributed by atoms with Crippen molar-refractivity contribution < 1.29 is 5.11 Å². The Morgan fingerprint density at radius 1 is 1.17 bits per heavy atom. The Morgan fingerprint density at radius 3 is 2.22 bits per heavy atom. The fourth-order valence-electron chi connectivity index (χ4n) is 1.54. The second kappa shape index (κ2) is 7.07. The Morgan fingerprint density at radius 2 is 1.72 bits per heavy atom. The molecule has 1 aromatic carbocycles. The maximum atomic E-state index is 10.2. The summed E-state index contributed by atoms with van der Waals surface area (Å²) in [5.74, 6) is 0. The molecule has 0 radical (unpaired) electrons. The van der Waals surface area contributed by atoms with E-state index >= 15 is 0 Å². The summed E-state index contributed by atoms with van der Waals surface area (Å²) in [6, 6.07) is 7.75. The molecular formula is C13H19BrN2OS. The molecule has 3 N–H and O–H groups in total.